The fraction of sp³-hybridized carbons (Fsp3) is 0.154. The van der Waals surface area contributed by atoms with E-state index in [0.29, 0.717) is 16.5 Å². The topological polar surface area (TPSA) is 54.9 Å². The third kappa shape index (κ3) is 3.52. The first-order valence-corrected chi connectivity index (χ1v) is 6.71. The van der Waals surface area contributed by atoms with E-state index in [2.05, 4.69) is 31.2 Å². The van der Waals surface area contributed by atoms with E-state index in [1.165, 1.54) is 0 Å². The van der Waals surface area contributed by atoms with Gasteiger partial charge >= 0.3 is 0 Å². The molecule has 19 heavy (non-hydrogen) atoms. The van der Waals surface area contributed by atoms with Crippen molar-refractivity contribution >= 4 is 39.4 Å². The summed E-state index contributed by atoms with van der Waals surface area (Å²) in [7, 11) is 0. The van der Waals surface area contributed by atoms with Gasteiger partial charge in [0.25, 0.3) is 5.91 Å². The standard InChI is InChI=1S/C13H11BrClN3O/c1-7-5-8(2)17-13(16-7)18-12(19)9-3-4-10(14)11(15)6-9/h3-6H,1-2H3,(H,16,17,18,19). The molecule has 0 aliphatic rings. The van der Waals surface area contributed by atoms with Crippen molar-refractivity contribution in [3.63, 3.8) is 0 Å². The molecular formula is C13H11BrClN3O. The Kier molecular flexibility index (Phi) is 4.17. The second-order valence-corrected chi connectivity index (χ2v) is 5.32. The summed E-state index contributed by atoms with van der Waals surface area (Å²) in [4.78, 5) is 20.3. The predicted octanol–water partition coefficient (Wildman–Crippen LogP) is 3.76. The van der Waals surface area contributed by atoms with Crippen molar-refractivity contribution in [2.24, 2.45) is 0 Å². The van der Waals surface area contributed by atoms with Crippen LogP contribution in [0.15, 0.2) is 28.7 Å². The van der Waals surface area contributed by atoms with Crippen LogP contribution in [0.2, 0.25) is 5.02 Å². The Bertz CT molecular complexity index is 626. The van der Waals surface area contributed by atoms with Gasteiger partial charge in [0, 0.05) is 21.4 Å². The second kappa shape index (κ2) is 5.67. The SMILES string of the molecule is Cc1cc(C)nc(NC(=O)c2ccc(Br)c(Cl)c2)n1. The number of carbonyl (C=O) groups excluding carboxylic acids is 1. The van der Waals surface area contributed by atoms with Gasteiger partial charge in [0.05, 0.1) is 5.02 Å². The maximum Gasteiger partial charge on any atom is 0.258 e. The average molecular weight is 341 g/mol. The highest BCUT2D eigenvalue weighted by molar-refractivity contribution is 9.10. The van der Waals surface area contributed by atoms with Crippen LogP contribution in [-0.2, 0) is 0 Å². The molecular weight excluding hydrogens is 330 g/mol. The fourth-order valence-electron chi connectivity index (χ4n) is 1.59. The van der Waals surface area contributed by atoms with Gasteiger partial charge in [0.2, 0.25) is 5.95 Å². The highest BCUT2D eigenvalue weighted by Crippen LogP contribution is 2.23. The lowest BCUT2D eigenvalue weighted by molar-refractivity contribution is 0.102. The molecule has 0 saturated carbocycles. The van der Waals surface area contributed by atoms with Crippen LogP contribution >= 0.6 is 27.5 Å². The number of hydrogen-bond acceptors (Lipinski definition) is 3. The van der Waals surface area contributed by atoms with Gasteiger partial charge in [-0.3, -0.25) is 10.1 Å². The van der Waals surface area contributed by atoms with E-state index in [4.69, 9.17) is 11.6 Å². The molecule has 0 unspecified atom stereocenters. The Labute approximate surface area is 124 Å². The smallest absolute Gasteiger partial charge is 0.258 e. The van der Waals surface area contributed by atoms with Gasteiger partial charge in [-0.25, -0.2) is 9.97 Å². The molecule has 0 radical (unpaired) electrons. The summed E-state index contributed by atoms with van der Waals surface area (Å²) in [6, 6.07) is 6.82. The highest BCUT2D eigenvalue weighted by Gasteiger charge is 2.10. The zero-order chi connectivity index (χ0) is 14.0. The molecule has 0 fully saturated rings. The minimum Gasteiger partial charge on any atom is -0.290 e. The fourth-order valence-corrected chi connectivity index (χ4v) is 2.02. The van der Waals surface area contributed by atoms with E-state index in [0.717, 1.165) is 15.9 Å². The quantitative estimate of drug-likeness (QED) is 0.905. The number of aryl methyl sites for hydroxylation is 2. The monoisotopic (exact) mass is 339 g/mol. The molecule has 1 heterocycles. The van der Waals surface area contributed by atoms with Crippen molar-refractivity contribution < 1.29 is 4.79 Å². The Morgan fingerprint density at radius 2 is 1.84 bits per heavy atom. The van der Waals surface area contributed by atoms with Crippen LogP contribution in [0.4, 0.5) is 5.95 Å². The summed E-state index contributed by atoms with van der Waals surface area (Å²) in [6.07, 6.45) is 0. The molecule has 1 aromatic carbocycles. The Morgan fingerprint density at radius 3 is 2.42 bits per heavy atom. The number of rotatable bonds is 2. The number of nitrogens with one attached hydrogen (secondary N) is 1. The van der Waals surface area contributed by atoms with Crippen LogP contribution < -0.4 is 5.32 Å². The highest BCUT2D eigenvalue weighted by atomic mass is 79.9. The van der Waals surface area contributed by atoms with Crippen molar-refractivity contribution in [1.29, 1.82) is 0 Å². The molecule has 2 aromatic rings. The lowest BCUT2D eigenvalue weighted by Crippen LogP contribution is -2.14. The average Bonchev–Trinajstić information content (AvgIpc) is 2.31. The van der Waals surface area contributed by atoms with Crippen molar-refractivity contribution in [3.8, 4) is 0 Å². The van der Waals surface area contributed by atoms with Crippen molar-refractivity contribution in [2.75, 3.05) is 5.32 Å². The Balaban J connectivity index is 2.22. The summed E-state index contributed by atoms with van der Waals surface area (Å²) in [5.74, 6) is 0.000871. The first-order valence-electron chi connectivity index (χ1n) is 5.54. The number of anilines is 1. The van der Waals surface area contributed by atoms with Crippen LogP contribution in [0, 0.1) is 13.8 Å². The minimum atomic E-state index is -0.292. The van der Waals surface area contributed by atoms with Crippen molar-refractivity contribution in [1.82, 2.24) is 9.97 Å². The number of halogens is 2. The first kappa shape index (κ1) is 14.0. The normalized spacial score (nSPS) is 10.3. The maximum atomic E-state index is 12.0. The van der Waals surface area contributed by atoms with E-state index < -0.39 is 0 Å². The molecule has 0 atom stereocenters. The molecule has 1 aromatic heterocycles. The second-order valence-electron chi connectivity index (χ2n) is 4.06. The summed E-state index contributed by atoms with van der Waals surface area (Å²) in [5, 5.41) is 3.13. The molecule has 0 spiro atoms. The Hall–Kier alpha value is -1.46. The van der Waals surface area contributed by atoms with Gasteiger partial charge in [0.15, 0.2) is 0 Å². The van der Waals surface area contributed by atoms with Crippen molar-refractivity contribution in [2.45, 2.75) is 13.8 Å². The number of benzene rings is 1. The summed E-state index contributed by atoms with van der Waals surface area (Å²) in [6.45, 7) is 3.70. The van der Waals surface area contributed by atoms with E-state index >= 15 is 0 Å². The zero-order valence-electron chi connectivity index (χ0n) is 10.4. The third-order valence-corrected chi connectivity index (χ3v) is 3.62. The van der Waals surface area contributed by atoms with Gasteiger partial charge in [-0.2, -0.15) is 0 Å². The summed E-state index contributed by atoms with van der Waals surface area (Å²) < 4.78 is 0.744. The number of amides is 1. The van der Waals surface area contributed by atoms with Gasteiger partial charge in [-0.05, 0) is 54.0 Å². The van der Waals surface area contributed by atoms with Gasteiger partial charge in [0.1, 0.15) is 0 Å². The molecule has 4 nitrogen and oxygen atoms in total. The molecule has 0 aliphatic carbocycles. The third-order valence-electron chi connectivity index (χ3n) is 2.39. The van der Waals surface area contributed by atoms with E-state index in [9.17, 15) is 4.79 Å². The van der Waals surface area contributed by atoms with Crippen LogP contribution in [0.1, 0.15) is 21.7 Å². The summed E-state index contributed by atoms with van der Waals surface area (Å²) in [5.41, 5.74) is 2.06. The van der Waals surface area contributed by atoms with Crippen LogP contribution in [0.25, 0.3) is 0 Å². The molecule has 6 heteroatoms. The first-order chi connectivity index (χ1) is 8.95. The Morgan fingerprint density at radius 1 is 1.21 bits per heavy atom. The number of nitrogens with zero attached hydrogens (tertiary/aromatic N) is 2. The van der Waals surface area contributed by atoms with E-state index in [1.807, 2.05) is 19.9 Å². The maximum absolute atomic E-state index is 12.0. The van der Waals surface area contributed by atoms with E-state index in [-0.39, 0.29) is 5.91 Å². The molecule has 2 rings (SSSR count). The van der Waals surface area contributed by atoms with E-state index in [1.54, 1.807) is 18.2 Å². The number of carbonyl (C=O) groups is 1. The zero-order valence-corrected chi connectivity index (χ0v) is 12.7. The molecule has 0 bridgehead atoms. The van der Waals surface area contributed by atoms with Gasteiger partial charge < -0.3 is 0 Å². The molecule has 0 aliphatic heterocycles. The van der Waals surface area contributed by atoms with Crippen LogP contribution in [0.5, 0.6) is 0 Å². The minimum absolute atomic E-state index is 0.292. The number of hydrogen-bond donors (Lipinski definition) is 1. The summed E-state index contributed by atoms with van der Waals surface area (Å²) >= 11 is 9.23. The molecule has 1 N–H and O–H groups in total. The largest absolute Gasteiger partial charge is 0.290 e. The molecule has 1 amide bonds. The van der Waals surface area contributed by atoms with Crippen molar-refractivity contribution in [3.05, 3.63) is 50.7 Å². The van der Waals surface area contributed by atoms with Gasteiger partial charge in [-0.15, -0.1) is 0 Å². The predicted molar refractivity (Wildman–Crippen MR) is 78.6 cm³/mol. The van der Waals surface area contributed by atoms with Crippen LogP contribution in [-0.4, -0.2) is 15.9 Å². The lowest BCUT2D eigenvalue weighted by Gasteiger charge is -2.06. The molecule has 0 saturated heterocycles. The lowest BCUT2D eigenvalue weighted by atomic mass is 10.2. The molecule has 98 valence electrons. The van der Waals surface area contributed by atoms with Gasteiger partial charge in [-0.1, -0.05) is 11.6 Å². The van der Waals surface area contributed by atoms with Crippen LogP contribution in [0.3, 0.4) is 0 Å². The number of aromatic nitrogens is 2.